The van der Waals surface area contributed by atoms with Crippen molar-refractivity contribution in [3.8, 4) is 11.5 Å². The lowest BCUT2D eigenvalue weighted by Gasteiger charge is -2.30. The first-order chi connectivity index (χ1) is 13.5. The molecule has 0 bridgehead atoms. The Morgan fingerprint density at radius 1 is 0.857 bits per heavy atom. The normalized spacial score (nSPS) is 28.2. The van der Waals surface area contributed by atoms with Gasteiger partial charge >= 0.3 is 0 Å². The molecule has 3 rings (SSSR count). The van der Waals surface area contributed by atoms with Crippen molar-refractivity contribution in [2.45, 2.75) is 96.3 Å². The Kier molecular flexibility index (Phi) is 7.82. The van der Waals surface area contributed by atoms with Gasteiger partial charge < -0.3 is 10.2 Å². The second kappa shape index (κ2) is 10.3. The number of hydrogen-bond donors (Lipinski definition) is 2. The van der Waals surface area contributed by atoms with Crippen molar-refractivity contribution in [1.82, 2.24) is 0 Å². The first kappa shape index (κ1) is 21.2. The fraction of sp³-hybridized carbons (Fsp3) is 0.720. The quantitative estimate of drug-likeness (QED) is 0.521. The number of phenols is 2. The lowest BCUT2D eigenvalue weighted by atomic mass is 9.75. The van der Waals surface area contributed by atoms with Gasteiger partial charge in [0, 0.05) is 18.4 Å². The van der Waals surface area contributed by atoms with Crippen LogP contribution in [-0.2, 0) is 4.79 Å². The highest BCUT2D eigenvalue weighted by molar-refractivity contribution is 5.80. The summed E-state index contributed by atoms with van der Waals surface area (Å²) in [6.45, 7) is 2.10. The van der Waals surface area contributed by atoms with E-state index in [0.717, 1.165) is 55.9 Å². The zero-order valence-electron chi connectivity index (χ0n) is 17.5. The summed E-state index contributed by atoms with van der Waals surface area (Å²) in [6.07, 6.45) is 15.4. The molecular weight excluding hydrogens is 348 g/mol. The summed E-state index contributed by atoms with van der Waals surface area (Å²) < 4.78 is 0. The highest BCUT2D eigenvalue weighted by Crippen LogP contribution is 2.40. The average Bonchev–Trinajstić information content (AvgIpc) is 2.68. The molecule has 0 atom stereocenters. The van der Waals surface area contributed by atoms with E-state index in [1.54, 1.807) is 0 Å². The van der Waals surface area contributed by atoms with Crippen molar-refractivity contribution in [3.63, 3.8) is 0 Å². The van der Waals surface area contributed by atoms with Gasteiger partial charge in [0.1, 0.15) is 17.3 Å². The van der Waals surface area contributed by atoms with Crippen LogP contribution in [0.2, 0.25) is 0 Å². The maximum Gasteiger partial charge on any atom is 0.135 e. The van der Waals surface area contributed by atoms with Crippen LogP contribution in [-0.4, -0.2) is 16.0 Å². The number of benzene rings is 1. The zero-order valence-corrected chi connectivity index (χ0v) is 17.5. The molecule has 0 aromatic heterocycles. The molecule has 0 amide bonds. The third-order valence-corrected chi connectivity index (χ3v) is 7.27. The third kappa shape index (κ3) is 5.99. The number of hydrogen-bond acceptors (Lipinski definition) is 3. The number of aromatic hydroxyl groups is 2. The minimum absolute atomic E-state index is 0.170. The highest BCUT2D eigenvalue weighted by atomic mass is 16.3. The number of phenolic OH excluding ortho intramolecular Hbond substituents is 2. The van der Waals surface area contributed by atoms with E-state index in [1.165, 1.54) is 51.0 Å². The van der Waals surface area contributed by atoms with Crippen LogP contribution in [0.1, 0.15) is 102 Å². The van der Waals surface area contributed by atoms with Crippen LogP contribution in [0, 0.1) is 17.8 Å². The van der Waals surface area contributed by atoms with E-state index in [0.29, 0.717) is 17.6 Å². The Bertz CT molecular complexity index is 602. The van der Waals surface area contributed by atoms with Gasteiger partial charge in [0.2, 0.25) is 0 Å². The van der Waals surface area contributed by atoms with E-state index >= 15 is 0 Å². The van der Waals surface area contributed by atoms with Crippen LogP contribution in [0.25, 0.3) is 0 Å². The Morgan fingerprint density at radius 3 is 1.93 bits per heavy atom. The molecule has 156 valence electrons. The van der Waals surface area contributed by atoms with Crippen molar-refractivity contribution in [2.24, 2.45) is 17.8 Å². The topological polar surface area (TPSA) is 57.5 Å². The average molecular weight is 387 g/mol. The van der Waals surface area contributed by atoms with Crippen LogP contribution in [0.4, 0.5) is 0 Å². The minimum atomic E-state index is 0.170. The molecule has 3 heteroatoms. The van der Waals surface area contributed by atoms with E-state index in [-0.39, 0.29) is 11.5 Å². The van der Waals surface area contributed by atoms with Gasteiger partial charge in [-0.2, -0.15) is 0 Å². The van der Waals surface area contributed by atoms with Gasteiger partial charge in [0.25, 0.3) is 0 Å². The molecule has 2 N–H and O–H groups in total. The zero-order chi connectivity index (χ0) is 19.9. The van der Waals surface area contributed by atoms with Gasteiger partial charge in [-0.05, 0) is 93.2 Å². The number of rotatable bonds is 8. The van der Waals surface area contributed by atoms with Crippen LogP contribution < -0.4 is 0 Å². The van der Waals surface area contributed by atoms with Crippen LogP contribution >= 0.6 is 0 Å². The summed E-state index contributed by atoms with van der Waals surface area (Å²) in [5, 5.41) is 19.4. The molecule has 0 heterocycles. The van der Waals surface area contributed by atoms with E-state index < -0.39 is 0 Å². The Morgan fingerprint density at radius 2 is 1.39 bits per heavy atom. The molecule has 28 heavy (non-hydrogen) atoms. The van der Waals surface area contributed by atoms with Crippen LogP contribution in [0.15, 0.2) is 18.2 Å². The van der Waals surface area contributed by atoms with Gasteiger partial charge in [0.05, 0.1) is 0 Å². The lowest BCUT2D eigenvalue weighted by molar-refractivity contribution is -0.124. The van der Waals surface area contributed by atoms with Crippen LogP contribution in [0.5, 0.6) is 11.5 Å². The molecule has 2 saturated carbocycles. The molecule has 0 spiro atoms. The Labute approximate surface area is 170 Å². The van der Waals surface area contributed by atoms with Gasteiger partial charge in [-0.1, -0.05) is 26.2 Å². The van der Waals surface area contributed by atoms with Crippen LogP contribution in [0.3, 0.4) is 0 Å². The molecule has 0 unspecified atom stereocenters. The minimum Gasteiger partial charge on any atom is -0.508 e. The van der Waals surface area contributed by atoms with Crippen molar-refractivity contribution in [3.05, 3.63) is 23.8 Å². The predicted molar refractivity (Wildman–Crippen MR) is 114 cm³/mol. The fourth-order valence-electron chi connectivity index (χ4n) is 5.56. The molecule has 1 aromatic rings. The Balaban J connectivity index is 1.32. The highest BCUT2D eigenvalue weighted by Gasteiger charge is 2.26. The summed E-state index contributed by atoms with van der Waals surface area (Å²) in [4.78, 5) is 12.1. The molecule has 0 aliphatic heterocycles. The van der Waals surface area contributed by atoms with Crippen molar-refractivity contribution < 1.29 is 15.0 Å². The summed E-state index contributed by atoms with van der Waals surface area (Å²) in [5.74, 6) is 3.37. The molecule has 2 aliphatic carbocycles. The van der Waals surface area contributed by atoms with Gasteiger partial charge in [-0.15, -0.1) is 0 Å². The molecular formula is C25H38O3. The maximum atomic E-state index is 12.1. The van der Waals surface area contributed by atoms with Gasteiger partial charge in [-0.25, -0.2) is 0 Å². The maximum absolute atomic E-state index is 12.1. The van der Waals surface area contributed by atoms with E-state index in [2.05, 4.69) is 6.92 Å². The van der Waals surface area contributed by atoms with E-state index in [1.807, 2.05) is 12.1 Å². The lowest BCUT2D eigenvalue weighted by Crippen LogP contribution is -2.22. The Hall–Kier alpha value is -1.51. The molecule has 0 radical (unpaired) electrons. The predicted octanol–water partition coefficient (Wildman–Crippen LogP) is 6.72. The second-order valence-corrected chi connectivity index (χ2v) is 9.37. The number of carbonyl (C=O) groups excluding carboxylic acids is 1. The molecule has 0 saturated heterocycles. The first-order valence-electron chi connectivity index (χ1n) is 11.6. The number of carbonyl (C=O) groups is 1. The smallest absolute Gasteiger partial charge is 0.135 e. The second-order valence-electron chi connectivity index (χ2n) is 9.37. The summed E-state index contributed by atoms with van der Waals surface area (Å²) in [5.41, 5.74) is 1.09. The standard InChI is InChI=1S/C25H38O3/c1-2-4-25(28)21-13-9-19(10-14-21)6-3-5-18-7-11-20(12-8-18)22-15-23(26)17-24(27)16-22/h15-21,26-27H,2-14H2,1H3. The van der Waals surface area contributed by atoms with Gasteiger partial charge in [-0.3, -0.25) is 4.79 Å². The first-order valence-corrected chi connectivity index (χ1v) is 11.6. The van der Waals surface area contributed by atoms with Crippen molar-refractivity contribution in [2.75, 3.05) is 0 Å². The van der Waals surface area contributed by atoms with E-state index in [4.69, 9.17) is 0 Å². The summed E-state index contributed by atoms with van der Waals surface area (Å²) in [7, 11) is 0. The SMILES string of the molecule is CCCC(=O)C1CCC(CCCC2CCC(c3cc(O)cc(O)c3)CC2)CC1. The largest absolute Gasteiger partial charge is 0.508 e. The number of Topliss-reactive ketones (excluding diaryl/α,β-unsaturated/α-hetero) is 1. The van der Waals surface area contributed by atoms with Crippen molar-refractivity contribution in [1.29, 1.82) is 0 Å². The third-order valence-electron chi connectivity index (χ3n) is 7.27. The summed E-state index contributed by atoms with van der Waals surface area (Å²) in [6, 6.07) is 5.03. The summed E-state index contributed by atoms with van der Waals surface area (Å²) >= 11 is 0. The van der Waals surface area contributed by atoms with Gasteiger partial charge in [0.15, 0.2) is 0 Å². The van der Waals surface area contributed by atoms with Crippen molar-refractivity contribution >= 4 is 5.78 Å². The van der Waals surface area contributed by atoms with E-state index in [9.17, 15) is 15.0 Å². The molecule has 1 aromatic carbocycles. The fourth-order valence-corrected chi connectivity index (χ4v) is 5.56. The molecule has 3 nitrogen and oxygen atoms in total. The number of ketones is 1. The monoisotopic (exact) mass is 386 g/mol. The molecule has 2 aliphatic rings. The molecule has 2 fully saturated rings.